The highest BCUT2D eigenvalue weighted by atomic mass is 32.2. The first kappa shape index (κ1) is 20.5. The van der Waals surface area contributed by atoms with Crippen molar-refractivity contribution in [3.63, 3.8) is 0 Å². The molecule has 1 aromatic heterocycles. The van der Waals surface area contributed by atoms with Crippen molar-refractivity contribution < 1.29 is 18.9 Å². The van der Waals surface area contributed by atoms with Crippen molar-refractivity contribution in [3.05, 3.63) is 76.3 Å². The van der Waals surface area contributed by atoms with Crippen LogP contribution in [0.2, 0.25) is 0 Å². The topological polar surface area (TPSA) is 106 Å². The molecule has 2 heterocycles. The number of rotatable bonds is 7. The highest BCUT2D eigenvalue weighted by Gasteiger charge is 2.32. The zero-order chi connectivity index (χ0) is 21.0. The Balaban J connectivity index is 1.89. The van der Waals surface area contributed by atoms with Gasteiger partial charge in [0.1, 0.15) is 11.3 Å². The van der Waals surface area contributed by atoms with Crippen molar-refractivity contribution in [1.82, 2.24) is 10.2 Å². The van der Waals surface area contributed by atoms with Gasteiger partial charge in [-0.05, 0) is 42.1 Å². The second-order valence-corrected chi connectivity index (χ2v) is 7.28. The lowest BCUT2D eigenvalue weighted by molar-refractivity contribution is -0.387. The van der Waals surface area contributed by atoms with Crippen molar-refractivity contribution in [2.75, 3.05) is 6.54 Å². The average Bonchev–Trinajstić information content (AvgIpc) is 3.20. The molecule has 1 aliphatic heterocycles. The van der Waals surface area contributed by atoms with E-state index in [0.29, 0.717) is 22.0 Å². The number of amides is 2. The summed E-state index contributed by atoms with van der Waals surface area (Å²) in [5.41, 5.74) is 0.0627. The van der Waals surface area contributed by atoms with Gasteiger partial charge in [-0.15, -0.1) is 18.3 Å². The summed E-state index contributed by atoms with van der Waals surface area (Å²) in [6.45, 7) is 3.70. The van der Waals surface area contributed by atoms with Gasteiger partial charge in [0, 0.05) is 12.6 Å². The predicted octanol–water partition coefficient (Wildman–Crippen LogP) is 3.29. The van der Waals surface area contributed by atoms with E-state index < -0.39 is 16.7 Å². The third-order valence-electron chi connectivity index (χ3n) is 3.94. The number of thioether (sulfide) groups is 1. The fraction of sp³-hybridized carbons (Fsp3) is 0.105. The van der Waals surface area contributed by atoms with Gasteiger partial charge in [-0.25, -0.2) is 0 Å². The number of nitro groups is 1. The van der Waals surface area contributed by atoms with E-state index in [1.165, 1.54) is 41.1 Å². The van der Waals surface area contributed by atoms with Crippen LogP contribution in [0.25, 0.3) is 6.08 Å². The second kappa shape index (κ2) is 8.84. The Labute approximate surface area is 175 Å². The molecule has 1 saturated heterocycles. The second-order valence-electron chi connectivity index (χ2n) is 5.87. The fourth-order valence-corrected chi connectivity index (χ4v) is 3.75. The van der Waals surface area contributed by atoms with Gasteiger partial charge < -0.3 is 4.42 Å². The van der Waals surface area contributed by atoms with Gasteiger partial charge in [-0.2, -0.15) is 0 Å². The van der Waals surface area contributed by atoms with E-state index in [0.717, 1.165) is 0 Å². The van der Waals surface area contributed by atoms with Crippen molar-refractivity contribution in [1.29, 1.82) is 0 Å². The SMILES string of the molecule is C=CCN1C(=O)C(=Cc2ccc(SCc3ccco3)c([N+](=O)[O-])c2)C(=O)NC1=S. The number of hydrogen-bond acceptors (Lipinski definition) is 7. The first-order valence-electron chi connectivity index (χ1n) is 8.34. The smallest absolute Gasteiger partial charge is 0.283 e. The molecule has 0 bridgehead atoms. The summed E-state index contributed by atoms with van der Waals surface area (Å²) in [4.78, 5) is 37.4. The molecular formula is C19H15N3O5S2. The molecule has 1 N–H and O–H groups in total. The van der Waals surface area contributed by atoms with E-state index in [9.17, 15) is 19.7 Å². The highest BCUT2D eigenvalue weighted by Crippen LogP contribution is 2.33. The highest BCUT2D eigenvalue weighted by molar-refractivity contribution is 7.98. The van der Waals surface area contributed by atoms with Gasteiger partial charge in [0.25, 0.3) is 17.5 Å². The van der Waals surface area contributed by atoms with Gasteiger partial charge >= 0.3 is 0 Å². The van der Waals surface area contributed by atoms with Gasteiger partial charge in [0.05, 0.1) is 21.8 Å². The number of nitrogens with zero attached hydrogens (tertiary/aromatic N) is 2. The summed E-state index contributed by atoms with van der Waals surface area (Å²) in [6, 6.07) is 8.03. The monoisotopic (exact) mass is 429 g/mol. The maximum absolute atomic E-state index is 12.6. The molecule has 0 unspecified atom stereocenters. The van der Waals surface area contributed by atoms with Crippen LogP contribution >= 0.6 is 24.0 Å². The molecule has 1 fully saturated rings. The summed E-state index contributed by atoms with van der Waals surface area (Å²) >= 11 is 6.26. The van der Waals surface area contributed by atoms with Crippen LogP contribution in [0.1, 0.15) is 11.3 Å². The fourth-order valence-electron chi connectivity index (χ4n) is 2.59. The summed E-state index contributed by atoms with van der Waals surface area (Å²) in [7, 11) is 0. The maximum Gasteiger partial charge on any atom is 0.283 e. The number of carbonyl (C=O) groups is 2. The van der Waals surface area contributed by atoms with Crippen molar-refractivity contribution in [2.45, 2.75) is 10.6 Å². The molecule has 148 valence electrons. The summed E-state index contributed by atoms with van der Waals surface area (Å²) in [6.07, 6.45) is 4.33. The lowest BCUT2D eigenvalue weighted by Gasteiger charge is -2.27. The third-order valence-corrected chi connectivity index (χ3v) is 5.35. The Morgan fingerprint density at radius 2 is 2.14 bits per heavy atom. The number of benzene rings is 1. The van der Waals surface area contributed by atoms with E-state index in [2.05, 4.69) is 11.9 Å². The van der Waals surface area contributed by atoms with Crippen LogP contribution in [0.3, 0.4) is 0 Å². The molecule has 8 nitrogen and oxygen atoms in total. The molecule has 0 radical (unpaired) electrons. The van der Waals surface area contributed by atoms with Gasteiger partial charge in [0.2, 0.25) is 0 Å². The number of nitrogens with one attached hydrogen (secondary N) is 1. The van der Waals surface area contributed by atoms with E-state index in [-0.39, 0.29) is 22.9 Å². The van der Waals surface area contributed by atoms with Crippen molar-refractivity contribution in [3.8, 4) is 0 Å². The minimum absolute atomic E-state index is 0.00675. The minimum Gasteiger partial charge on any atom is -0.468 e. The standard InChI is InChI=1S/C19H15N3O5S2/c1-2-7-21-18(24)14(17(23)20-19(21)28)9-12-5-6-16(15(10-12)22(25)26)29-11-13-4-3-8-27-13/h2-6,8-10H,1,7,11H2,(H,20,23,28). The number of hydrogen-bond donors (Lipinski definition) is 1. The molecule has 3 rings (SSSR count). The number of furan rings is 1. The quantitative estimate of drug-likeness (QED) is 0.137. The third kappa shape index (κ3) is 4.61. The Bertz CT molecular complexity index is 1030. The molecule has 2 amide bonds. The molecule has 1 aliphatic rings. The normalized spacial score (nSPS) is 15.5. The largest absolute Gasteiger partial charge is 0.468 e. The predicted molar refractivity (Wildman–Crippen MR) is 112 cm³/mol. The lowest BCUT2D eigenvalue weighted by Crippen LogP contribution is -2.53. The van der Waals surface area contributed by atoms with Gasteiger partial charge in [-0.1, -0.05) is 12.1 Å². The van der Waals surface area contributed by atoms with Crippen LogP contribution in [-0.2, 0) is 15.3 Å². The lowest BCUT2D eigenvalue weighted by atomic mass is 10.1. The number of nitro benzene ring substituents is 1. The molecule has 2 aromatic rings. The zero-order valence-corrected chi connectivity index (χ0v) is 16.6. The van der Waals surface area contributed by atoms with Crippen LogP contribution in [-0.4, -0.2) is 33.3 Å². The Morgan fingerprint density at radius 1 is 1.34 bits per heavy atom. The first-order chi connectivity index (χ1) is 13.9. The molecule has 0 aliphatic carbocycles. The minimum atomic E-state index is -0.653. The molecule has 0 spiro atoms. The van der Waals surface area contributed by atoms with E-state index in [4.69, 9.17) is 16.6 Å². The van der Waals surface area contributed by atoms with Crippen LogP contribution in [0.5, 0.6) is 0 Å². The average molecular weight is 429 g/mol. The first-order valence-corrected chi connectivity index (χ1v) is 9.73. The Morgan fingerprint density at radius 3 is 2.79 bits per heavy atom. The van der Waals surface area contributed by atoms with Crippen LogP contribution in [0, 0.1) is 10.1 Å². The Kier molecular flexibility index (Phi) is 6.25. The molecule has 10 heteroatoms. The zero-order valence-electron chi connectivity index (χ0n) is 15.0. The molecule has 0 saturated carbocycles. The van der Waals surface area contributed by atoms with E-state index >= 15 is 0 Å². The number of carbonyl (C=O) groups excluding carboxylic acids is 2. The Hall–Kier alpha value is -3.24. The van der Waals surface area contributed by atoms with E-state index in [1.807, 2.05) is 0 Å². The summed E-state index contributed by atoms with van der Waals surface area (Å²) in [5, 5.41) is 13.9. The van der Waals surface area contributed by atoms with Gasteiger partial charge in [-0.3, -0.25) is 29.9 Å². The summed E-state index contributed by atoms with van der Waals surface area (Å²) in [5.74, 6) is -0.113. The van der Waals surface area contributed by atoms with Crippen LogP contribution < -0.4 is 5.32 Å². The maximum atomic E-state index is 12.6. The molecular weight excluding hydrogens is 414 g/mol. The summed E-state index contributed by atoms with van der Waals surface area (Å²) < 4.78 is 5.24. The molecule has 29 heavy (non-hydrogen) atoms. The van der Waals surface area contributed by atoms with Gasteiger partial charge in [0.15, 0.2) is 5.11 Å². The van der Waals surface area contributed by atoms with Crippen molar-refractivity contribution in [2.24, 2.45) is 0 Å². The van der Waals surface area contributed by atoms with Crippen LogP contribution in [0.15, 0.2) is 64.1 Å². The molecule has 0 atom stereocenters. The van der Waals surface area contributed by atoms with Crippen LogP contribution in [0.4, 0.5) is 5.69 Å². The van der Waals surface area contributed by atoms with Crippen molar-refractivity contribution >= 4 is 52.7 Å². The number of thiocarbonyl (C=S) groups is 1. The molecule has 1 aromatic carbocycles. The van der Waals surface area contributed by atoms with E-state index in [1.54, 1.807) is 24.3 Å².